The van der Waals surface area contributed by atoms with Crippen LogP contribution in [0.25, 0.3) is 18.2 Å². The molecule has 0 saturated heterocycles. The van der Waals surface area contributed by atoms with Gasteiger partial charge in [-0.25, -0.2) is 4.98 Å². The van der Waals surface area contributed by atoms with Crippen LogP contribution in [0.5, 0.6) is 0 Å². The average molecular weight is 469 g/mol. The first kappa shape index (κ1) is 26.0. The molecule has 0 aliphatic carbocycles. The van der Waals surface area contributed by atoms with Crippen molar-refractivity contribution in [2.45, 2.75) is 46.0 Å². The third kappa shape index (κ3) is 7.96. The second-order valence-electron chi connectivity index (χ2n) is 8.84. The SMILES string of the molecule is CCC(CC)(CCNc1cccc(C=Cc2cccc(C=CCCc3ccccc3)n2)c1)C(=O)O. The summed E-state index contributed by atoms with van der Waals surface area (Å²) in [6.45, 7) is 4.53. The molecule has 0 unspecified atom stereocenters. The van der Waals surface area contributed by atoms with E-state index < -0.39 is 11.4 Å². The van der Waals surface area contributed by atoms with Gasteiger partial charge < -0.3 is 10.4 Å². The van der Waals surface area contributed by atoms with Crippen LogP contribution < -0.4 is 5.32 Å². The molecule has 3 rings (SSSR count). The number of aromatic nitrogens is 1. The molecular weight excluding hydrogens is 432 g/mol. The quantitative estimate of drug-likeness (QED) is 0.271. The predicted molar refractivity (Wildman–Crippen MR) is 147 cm³/mol. The van der Waals surface area contributed by atoms with Gasteiger partial charge in [-0.05, 0) is 79.6 Å². The van der Waals surface area contributed by atoms with E-state index in [0.29, 0.717) is 25.8 Å². The number of carboxylic acids is 1. The fourth-order valence-corrected chi connectivity index (χ4v) is 4.15. The summed E-state index contributed by atoms with van der Waals surface area (Å²) < 4.78 is 0. The molecule has 35 heavy (non-hydrogen) atoms. The van der Waals surface area contributed by atoms with Gasteiger partial charge in [-0.1, -0.05) is 74.5 Å². The first-order valence-corrected chi connectivity index (χ1v) is 12.5. The zero-order valence-corrected chi connectivity index (χ0v) is 20.8. The topological polar surface area (TPSA) is 62.2 Å². The highest BCUT2D eigenvalue weighted by Crippen LogP contribution is 2.31. The van der Waals surface area contributed by atoms with Gasteiger partial charge in [0.05, 0.1) is 16.8 Å². The van der Waals surface area contributed by atoms with Crippen LogP contribution >= 0.6 is 0 Å². The fourth-order valence-electron chi connectivity index (χ4n) is 4.15. The van der Waals surface area contributed by atoms with Crippen LogP contribution in [0, 0.1) is 5.41 Å². The Morgan fingerprint density at radius 2 is 1.63 bits per heavy atom. The molecule has 0 fully saturated rings. The summed E-state index contributed by atoms with van der Waals surface area (Å²) in [5.74, 6) is -0.707. The highest BCUT2D eigenvalue weighted by atomic mass is 16.4. The van der Waals surface area contributed by atoms with Crippen LogP contribution in [0.2, 0.25) is 0 Å². The van der Waals surface area contributed by atoms with Crippen molar-refractivity contribution in [2.75, 3.05) is 11.9 Å². The van der Waals surface area contributed by atoms with Gasteiger partial charge in [0.1, 0.15) is 0 Å². The summed E-state index contributed by atoms with van der Waals surface area (Å²) in [5, 5.41) is 13.0. The summed E-state index contributed by atoms with van der Waals surface area (Å²) in [4.78, 5) is 16.4. The predicted octanol–water partition coefficient (Wildman–Crippen LogP) is 7.59. The van der Waals surface area contributed by atoms with E-state index in [4.69, 9.17) is 4.98 Å². The van der Waals surface area contributed by atoms with Crippen LogP contribution in [-0.4, -0.2) is 22.6 Å². The highest BCUT2D eigenvalue weighted by molar-refractivity contribution is 5.74. The maximum Gasteiger partial charge on any atom is 0.309 e. The fraction of sp³-hybridized carbons (Fsp3) is 0.290. The molecule has 4 heteroatoms. The van der Waals surface area contributed by atoms with Crippen molar-refractivity contribution >= 4 is 29.9 Å². The number of hydrogen-bond acceptors (Lipinski definition) is 3. The summed E-state index contributed by atoms with van der Waals surface area (Å²) in [5.41, 5.74) is 4.60. The molecule has 0 aliphatic heterocycles. The van der Waals surface area contributed by atoms with Gasteiger partial charge in [0, 0.05) is 12.2 Å². The van der Waals surface area contributed by atoms with E-state index in [1.807, 2.05) is 56.3 Å². The molecule has 2 N–H and O–H groups in total. The number of nitrogens with one attached hydrogen (secondary N) is 1. The van der Waals surface area contributed by atoms with E-state index in [-0.39, 0.29) is 0 Å². The van der Waals surface area contributed by atoms with Gasteiger partial charge in [-0.2, -0.15) is 0 Å². The number of aryl methyl sites for hydroxylation is 1. The normalized spacial score (nSPS) is 11.8. The maximum atomic E-state index is 11.7. The molecule has 1 heterocycles. The first-order chi connectivity index (χ1) is 17.0. The van der Waals surface area contributed by atoms with Crippen LogP contribution in [0.1, 0.15) is 62.0 Å². The van der Waals surface area contributed by atoms with Crippen molar-refractivity contribution in [2.24, 2.45) is 5.41 Å². The van der Waals surface area contributed by atoms with Crippen LogP contribution in [-0.2, 0) is 11.2 Å². The molecule has 0 bridgehead atoms. The standard InChI is InChI=1S/C31H36N2O2/c1-3-31(4-2,30(34)35)22-23-32-29-19-10-15-26(24-29)20-21-28-18-11-17-27(33-28)16-9-8-14-25-12-6-5-7-13-25/h5-7,9-13,15-21,24,32H,3-4,8,14,22-23H2,1-2H3,(H,34,35). The molecule has 0 radical (unpaired) electrons. The van der Waals surface area contributed by atoms with Crippen LogP contribution in [0.4, 0.5) is 5.69 Å². The van der Waals surface area contributed by atoms with Crippen molar-refractivity contribution < 1.29 is 9.90 Å². The molecule has 4 nitrogen and oxygen atoms in total. The average Bonchev–Trinajstić information content (AvgIpc) is 2.89. The summed E-state index contributed by atoms with van der Waals surface area (Å²) in [6, 6.07) is 24.7. The van der Waals surface area contributed by atoms with Crippen LogP contribution in [0.15, 0.2) is 78.9 Å². The van der Waals surface area contributed by atoms with E-state index in [0.717, 1.165) is 35.5 Å². The summed E-state index contributed by atoms with van der Waals surface area (Å²) >= 11 is 0. The Morgan fingerprint density at radius 1 is 0.914 bits per heavy atom. The lowest BCUT2D eigenvalue weighted by molar-refractivity contribution is -0.149. The first-order valence-electron chi connectivity index (χ1n) is 12.5. The molecule has 0 amide bonds. The minimum absolute atomic E-state index is 0.602. The van der Waals surface area contributed by atoms with Gasteiger partial charge in [-0.3, -0.25) is 4.79 Å². The molecule has 1 aromatic heterocycles. The minimum Gasteiger partial charge on any atom is -0.481 e. The number of hydrogen-bond donors (Lipinski definition) is 2. The number of benzene rings is 2. The van der Waals surface area contributed by atoms with E-state index in [1.54, 1.807) is 0 Å². The molecule has 3 aromatic rings. The van der Waals surface area contributed by atoms with Crippen LogP contribution in [0.3, 0.4) is 0 Å². The third-order valence-electron chi connectivity index (χ3n) is 6.60. The smallest absolute Gasteiger partial charge is 0.309 e. The van der Waals surface area contributed by atoms with E-state index >= 15 is 0 Å². The number of carboxylic acid groups (broad SMARTS) is 1. The lowest BCUT2D eigenvalue weighted by Gasteiger charge is -2.26. The second kappa shape index (κ2) is 13.3. The molecule has 182 valence electrons. The zero-order chi connectivity index (χ0) is 24.9. The molecule has 0 saturated carbocycles. The largest absolute Gasteiger partial charge is 0.481 e. The number of allylic oxidation sites excluding steroid dienone is 1. The molecular formula is C31H36N2O2. The molecule has 0 aliphatic rings. The Kier molecular flexibility index (Phi) is 9.85. The minimum atomic E-state index is -0.707. The number of pyridine rings is 1. The van der Waals surface area contributed by atoms with Gasteiger partial charge in [0.15, 0.2) is 0 Å². The Hall–Kier alpha value is -3.66. The van der Waals surface area contributed by atoms with E-state index in [9.17, 15) is 9.90 Å². The summed E-state index contributed by atoms with van der Waals surface area (Å²) in [6.07, 6.45) is 12.2. The molecule has 0 spiro atoms. The Morgan fingerprint density at radius 3 is 2.34 bits per heavy atom. The number of carbonyl (C=O) groups is 1. The Labute approximate surface area is 209 Å². The number of anilines is 1. The molecule has 2 aromatic carbocycles. The number of rotatable bonds is 13. The van der Waals surface area contributed by atoms with Crippen molar-refractivity contribution in [1.82, 2.24) is 4.98 Å². The van der Waals surface area contributed by atoms with E-state index in [1.165, 1.54) is 5.56 Å². The van der Waals surface area contributed by atoms with Crippen molar-refractivity contribution in [3.05, 3.63) is 101 Å². The van der Waals surface area contributed by atoms with Gasteiger partial charge >= 0.3 is 5.97 Å². The highest BCUT2D eigenvalue weighted by Gasteiger charge is 2.33. The molecule has 0 atom stereocenters. The number of aliphatic carboxylic acids is 1. The third-order valence-corrected chi connectivity index (χ3v) is 6.60. The zero-order valence-electron chi connectivity index (χ0n) is 20.8. The Balaban J connectivity index is 1.55. The summed E-state index contributed by atoms with van der Waals surface area (Å²) in [7, 11) is 0. The van der Waals surface area contributed by atoms with Gasteiger partial charge in [-0.15, -0.1) is 0 Å². The second-order valence-corrected chi connectivity index (χ2v) is 8.84. The van der Waals surface area contributed by atoms with E-state index in [2.05, 4.69) is 59.9 Å². The van der Waals surface area contributed by atoms with Gasteiger partial charge in [0.2, 0.25) is 0 Å². The lowest BCUT2D eigenvalue weighted by Crippen LogP contribution is -2.31. The van der Waals surface area contributed by atoms with Crippen molar-refractivity contribution in [3.8, 4) is 0 Å². The van der Waals surface area contributed by atoms with Crippen molar-refractivity contribution in [1.29, 1.82) is 0 Å². The van der Waals surface area contributed by atoms with Crippen molar-refractivity contribution in [3.63, 3.8) is 0 Å². The monoisotopic (exact) mass is 468 g/mol. The Bertz CT molecular complexity index is 1130. The van der Waals surface area contributed by atoms with Gasteiger partial charge in [0.25, 0.3) is 0 Å². The lowest BCUT2D eigenvalue weighted by atomic mass is 9.79. The number of nitrogens with zero attached hydrogens (tertiary/aromatic N) is 1. The maximum absolute atomic E-state index is 11.7.